The molecule has 0 amide bonds. The fraction of sp³-hybridized carbons (Fsp3) is 0.143. The Morgan fingerprint density at radius 3 is 2.30 bits per heavy atom. The highest BCUT2D eigenvalue weighted by Crippen LogP contribution is 2.20. The van der Waals surface area contributed by atoms with E-state index in [0.717, 1.165) is 4.47 Å². The Kier molecular flexibility index (Phi) is 4.57. The van der Waals surface area contributed by atoms with Gasteiger partial charge in [0.05, 0.1) is 4.90 Å². The number of hydrogen-bond donors (Lipinski definition) is 1. The van der Waals surface area contributed by atoms with Gasteiger partial charge in [0.2, 0.25) is 10.0 Å². The molecule has 1 N–H and O–H groups in total. The highest BCUT2D eigenvalue weighted by Gasteiger charge is 2.19. The fourth-order valence-corrected chi connectivity index (χ4v) is 3.29. The molecule has 0 aliphatic carbocycles. The van der Waals surface area contributed by atoms with Crippen molar-refractivity contribution in [1.82, 2.24) is 4.72 Å². The molecule has 0 radical (unpaired) electrons. The molecule has 0 aromatic heterocycles. The Morgan fingerprint density at radius 2 is 1.70 bits per heavy atom. The van der Waals surface area contributed by atoms with Crippen LogP contribution in [-0.4, -0.2) is 8.42 Å². The van der Waals surface area contributed by atoms with Crippen LogP contribution in [0.4, 0.5) is 4.39 Å². The first kappa shape index (κ1) is 15.2. The Balaban J connectivity index is 2.24. The first-order chi connectivity index (χ1) is 9.40. The molecule has 0 heterocycles. The van der Waals surface area contributed by atoms with Gasteiger partial charge in [-0.15, -0.1) is 0 Å². The maximum absolute atomic E-state index is 13.6. The summed E-state index contributed by atoms with van der Waals surface area (Å²) in [7, 11) is -3.68. The number of rotatable bonds is 4. The van der Waals surface area contributed by atoms with E-state index in [1.165, 1.54) is 18.2 Å². The molecule has 6 heteroatoms. The third-order valence-electron chi connectivity index (χ3n) is 2.83. The largest absolute Gasteiger partial charge is 0.241 e. The minimum absolute atomic E-state index is 0.142. The van der Waals surface area contributed by atoms with Gasteiger partial charge in [-0.1, -0.05) is 34.1 Å². The van der Waals surface area contributed by atoms with E-state index in [9.17, 15) is 12.8 Å². The lowest BCUT2D eigenvalue weighted by Crippen LogP contribution is -2.27. The van der Waals surface area contributed by atoms with E-state index in [-0.39, 0.29) is 4.90 Å². The van der Waals surface area contributed by atoms with E-state index in [0.29, 0.717) is 5.56 Å². The van der Waals surface area contributed by atoms with E-state index < -0.39 is 21.9 Å². The summed E-state index contributed by atoms with van der Waals surface area (Å²) in [6.07, 6.45) is 0. The van der Waals surface area contributed by atoms with Gasteiger partial charge in [-0.3, -0.25) is 0 Å². The van der Waals surface area contributed by atoms with Gasteiger partial charge in [-0.25, -0.2) is 17.5 Å². The van der Waals surface area contributed by atoms with Crippen LogP contribution >= 0.6 is 15.9 Å². The first-order valence-electron chi connectivity index (χ1n) is 5.92. The van der Waals surface area contributed by atoms with Gasteiger partial charge in [0.1, 0.15) is 5.82 Å². The fourth-order valence-electron chi connectivity index (χ4n) is 1.80. The number of benzene rings is 2. The summed E-state index contributed by atoms with van der Waals surface area (Å²) < 4.78 is 41.3. The predicted molar refractivity (Wildman–Crippen MR) is 79.3 cm³/mol. The van der Waals surface area contributed by atoms with Gasteiger partial charge < -0.3 is 0 Å². The molecule has 0 bridgehead atoms. The number of nitrogens with one attached hydrogen (secondary N) is 1. The van der Waals surface area contributed by atoms with Crippen molar-refractivity contribution in [3.8, 4) is 0 Å². The monoisotopic (exact) mass is 357 g/mol. The van der Waals surface area contributed by atoms with Gasteiger partial charge in [0.15, 0.2) is 0 Å². The van der Waals surface area contributed by atoms with Crippen LogP contribution in [0, 0.1) is 5.82 Å². The summed E-state index contributed by atoms with van der Waals surface area (Å²) >= 11 is 3.24. The Hall–Kier alpha value is -1.24. The van der Waals surface area contributed by atoms with E-state index in [1.54, 1.807) is 37.3 Å². The summed E-state index contributed by atoms with van der Waals surface area (Å²) in [5, 5.41) is 0. The molecule has 2 aromatic rings. The van der Waals surface area contributed by atoms with Crippen LogP contribution in [0.25, 0.3) is 0 Å². The number of halogens is 2. The molecular formula is C14H13BrFNO2S. The summed E-state index contributed by atoms with van der Waals surface area (Å²) in [4.78, 5) is 0.142. The van der Waals surface area contributed by atoms with Crippen molar-refractivity contribution in [3.05, 3.63) is 64.4 Å². The third-order valence-corrected chi connectivity index (χ3v) is 4.91. The first-order valence-corrected chi connectivity index (χ1v) is 8.20. The van der Waals surface area contributed by atoms with Crippen LogP contribution in [0.1, 0.15) is 18.5 Å². The third kappa shape index (κ3) is 3.45. The molecular weight excluding hydrogens is 345 g/mol. The number of sulfonamides is 1. The Labute approximate surface area is 126 Å². The normalized spacial score (nSPS) is 13.2. The van der Waals surface area contributed by atoms with Crippen molar-refractivity contribution in [2.45, 2.75) is 17.9 Å². The molecule has 0 spiro atoms. The average Bonchev–Trinajstić information content (AvgIpc) is 2.39. The zero-order valence-electron chi connectivity index (χ0n) is 10.7. The lowest BCUT2D eigenvalue weighted by Gasteiger charge is -2.15. The molecule has 0 aliphatic rings. The zero-order valence-corrected chi connectivity index (χ0v) is 13.1. The van der Waals surface area contributed by atoms with Gasteiger partial charge in [-0.2, -0.15) is 0 Å². The molecule has 0 fully saturated rings. The molecule has 20 heavy (non-hydrogen) atoms. The standard InChI is InChI=1S/C14H13BrFNO2S/c1-10(13-4-2-3-5-14(13)16)17-20(18,19)12-8-6-11(15)7-9-12/h2-10,17H,1H3. The van der Waals surface area contributed by atoms with Crippen LogP contribution in [0.3, 0.4) is 0 Å². The van der Waals surface area contributed by atoms with Crippen molar-refractivity contribution < 1.29 is 12.8 Å². The molecule has 106 valence electrons. The van der Waals surface area contributed by atoms with Crippen LogP contribution in [-0.2, 0) is 10.0 Å². The summed E-state index contributed by atoms with van der Waals surface area (Å²) in [6.45, 7) is 1.61. The molecule has 1 atom stereocenters. The predicted octanol–water partition coefficient (Wildman–Crippen LogP) is 3.63. The number of hydrogen-bond acceptors (Lipinski definition) is 2. The molecule has 2 aromatic carbocycles. The second kappa shape index (κ2) is 6.03. The van der Waals surface area contributed by atoms with Crippen molar-refractivity contribution in [2.75, 3.05) is 0 Å². The maximum Gasteiger partial charge on any atom is 0.241 e. The van der Waals surface area contributed by atoms with Crippen LogP contribution in [0.2, 0.25) is 0 Å². The molecule has 0 aliphatic heterocycles. The Morgan fingerprint density at radius 1 is 1.10 bits per heavy atom. The van der Waals surface area contributed by atoms with Crippen LogP contribution in [0.5, 0.6) is 0 Å². The topological polar surface area (TPSA) is 46.2 Å². The average molecular weight is 358 g/mol. The summed E-state index contributed by atoms with van der Waals surface area (Å²) in [5.41, 5.74) is 0.313. The lowest BCUT2D eigenvalue weighted by molar-refractivity contribution is 0.550. The highest BCUT2D eigenvalue weighted by atomic mass is 79.9. The highest BCUT2D eigenvalue weighted by molar-refractivity contribution is 9.10. The Bertz CT molecular complexity index is 701. The zero-order chi connectivity index (χ0) is 14.8. The minimum Gasteiger partial charge on any atom is -0.207 e. The van der Waals surface area contributed by atoms with Gasteiger partial charge in [0.25, 0.3) is 0 Å². The second-order valence-electron chi connectivity index (χ2n) is 4.32. The summed E-state index contributed by atoms with van der Waals surface area (Å²) in [5.74, 6) is -0.432. The molecule has 3 nitrogen and oxygen atoms in total. The van der Waals surface area contributed by atoms with E-state index >= 15 is 0 Å². The minimum atomic E-state index is -3.68. The maximum atomic E-state index is 13.6. The molecule has 1 unspecified atom stereocenters. The molecule has 2 rings (SSSR count). The van der Waals surface area contributed by atoms with Gasteiger partial charge in [0, 0.05) is 16.1 Å². The van der Waals surface area contributed by atoms with Crippen LogP contribution < -0.4 is 4.72 Å². The second-order valence-corrected chi connectivity index (χ2v) is 6.95. The van der Waals surface area contributed by atoms with Gasteiger partial charge >= 0.3 is 0 Å². The van der Waals surface area contributed by atoms with Crippen molar-refractivity contribution in [3.63, 3.8) is 0 Å². The van der Waals surface area contributed by atoms with Gasteiger partial charge in [-0.05, 0) is 37.3 Å². The van der Waals surface area contributed by atoms with Crippen molar-refractivity contribution in [1.29, 1.82) is 0 Å². The summed E-state index contributed by atoms with van der Waals surface area (Å²) in [6, 6.07) is 11.7. The molecule has 0 saturated heterocycles. The van der Waals surface area contributed by atoms with Crippen molar-refractivity contribution >= 4 is 26.0 Å². The van der Waals surface area contributed by atoms with Crippen LogP contribution in [0.15, 0.2) is 57.9 Å². The SMILES string of the molecule is CC(NS(=O)(=O)c1ccc(Br)cc1)c1ccccc1F. The quantitative estimate of drug-likeness (QED) is 0.907. The lowest BCUT2D eigenvalue weighted by atomic mass is 10.1. The van der Waals surface area contributed by atoms with E-state index in [1.807, 2.05) is 0 Å². The smallest absolute Gasteiger partial charge is 0.207 e. The van der Waals surface area contributed by atoms with Crippen molar-refractivity contribution in [2.24, 2.45) is 0 Å². The molecule has 0 saturated carbocycles. The van der Waals surface area contributed by atoms with E-state index in [4.69, 9.17) is 0 Å². The van der Waals surface area contributed by atoms with E-state index in [2.05, 4.69) is 20.7 Å².